The van der Waals surface area contributed by atoms with Gasteiger partial charge in [0.15, 0.2) is 0 Å². The summed E-state index contributed by atoms with van der Waals surface area (Å²) in [5.41, 5.74) is 1.40. The maximum absolute atomic E-state index is 2.16. The van der Waals surface area contributed by atoms with Crippen LogP contribution in [0.15, 0.2) is 23.9 Å². The van der Waals surface area contributed by atoms with E-state index in [1.165, 1.54) is 5.57 Å². The van der Waals surface area contributed by atoms with Crippen LogP contribution in [-0.4, -0.2) is 30.7 Å². The molecule has 0 aromatic carbocycles. The molecule has 0 aromatic rings. The number of nitrogens with zero attached hydrogens (tertiary/aromatic N) is 2. The van der Waals surface area contributed by atoms with E-state index >= 15 is 0 Å². The van der Waals surface area contributed by atoms with Crippen molar-refractivity contribution in [1.29, 1.82) is 0 Å². The van der Waals surface area contributed by atoms with Crippen LogP contribution in [0.5, 0.6) is 0 Å². The van der Waals surface area contributed by atoms with Crippen molar-refractivity contribution in [1.82, 2.24) is 10.0 Å². The Bertz CT molecular complexity index is 168. The lowest BCUT2D eigenvalue weighted by Crippen LogP contribution is -2.34. The maximum atomic E-state index is 2.16. The largest absolute Gasteiger partial charge is 0.309 e. The van der Waals surface area contributed by atoms with Crippen LogP contribution in [0, 0.1) is 0 Å². The smallest absolute Gasteiger partial charge is 0.0550 e. The Morgan fingerprint density at radius 3 is 2.60 bits per heavy atom. The molecular formula is C8H14N2. The van der Waals surface area contributed by atoms with E-state index in [0.717, 1.165) is 6.54 Å². The Balaban J connectivity index is 2.55. The van der Waals surface area contributed by atoms with Crippen molar-refractivity contribution < 1.29 is 0 Å². The quantitative estimate of drug-likeness (QED) is 0.538. The lowest BCUT2D eigenvalue weighted by Gasteiger charge is -2.29. The van der Waals surface area contributed by atoms with Crippen LogP contribution in [0.3, 0.4) is 0 Å². The highest BCUT2D eigenvalue weighted by molar-refractivity contribution is 5.16. The molecule has 2 heteroatoms. The molecule has 0 saturated heterocycles. The molecule has 0 unspecified atom stereocenters. The topological polar surface area (TPSA) is 6.48 Å². The first-order valence-electron chi connectivity index (χ1n) is 3.48. The second-order valence-electron chi connectivity index (χ2n) is 2.80. The Kier molecular flexibility index (Phi) is 2.12. The van der Waals surface area contributed by atoms with Crippen molar-refractivity contribution in [2.45, 2.75) is 6.92 Å². The average Bonchev–Trinajstić information content (AvgIpc) is 1.88. The second-order valence-corrected chi connectivity index (χ2v) is 2.80. The highest BCUT2D eigenvalue weighted by Gasteiger charge is 2.04. The molecule has 1 aliphatic heterocycles. The zero-order valence-electron chi connectivity index (χ0n) is 6.83. The van der Waals surface area contributed by atoms with Crippen molar-refractivity contribution in [3.05, 3.63) is 23.9 Å². The van der Waals surface area contributed by atoms with Gasteiger partial charge in [-0.25, -0.2) is 5.01 Å². The summed E-state index contributed by atoms with van der Waals surface area (Å²) < 4.78 is 0. The molecule has 1 heterocycles. The van der Waals surface area contributed by atoms with E-state index in [2.05, 4.69) is 35.3 Å². The van der Waals surface area contributed by atoms with Gasteiger partial charge in [0.05, 0.1) is 6.54 Å². The van der Waals surface area contributed by atoms with Gasteiger partial charge in [0.25, 0.3) is 0 Å². The molecule has 0 aromatic heterocycles. The summed E-state index contributed by atoms with van der Waals surface area (Å²) in [4.78, 5) is 0. The number of hydrazine groups is 1. The van der Waals surface area contributed by atoms with E-state index in [1.54, 1.807) is 0 Å². The number of hydrogen-bond donors (Lipinski definition) is 0. The highest BCUT2D eigenvalue weighted by Crippen LogP contribution is 2.06. The van der Waals surface area contributed by atoms with Crippen molar-refractivity contribution in [2.75, 3.05) is 20.6 Å². The second kappa shape index (κ2) is 2.88. The van der Waals surface area contributed by atoms with E-state index in [9.17, 15) is 0 Å². The SMILES string of the molecule is CC1=CC=CN(N(C)C)C1. The zero-order chi connectivity index (χ0) is 7.56. The standard InChI is InChI=1S/C8H14N2/c1-8-5-4-6-10(7-8)9(2)3/h4-6H,7H2,1-3H3. The molecule has 0 spiro atoms. The molecule has 0 radical (unpaired) electrons. The average molecular weight is 138 g/mol. The molecule has 0 atom stereocenters. The van der Waals surface area contributed by atoms with Gasteiger partial charge in [-0.15, -0.1) is 0 Å². The highest BCUT2D eigenvalue weighted by atomic mass is 15.6. The predicted molar refractivity (Wildman–Crippen MR) is 43.3 cm³/mol. The third-order valence-electron chi connectivity index (χ3n) is 1.56. The Morgan fingerprint density at radius 2 is 2.20 bits per heavy atom. The normalized spacial score (nSPS) is 18.0. The van der Waals surface area contributed by atoms with Gasteiger partial charge >= 0.3 is 0 Å². The third-order valence-corrected chi connectivity index (χ3v) is 1.56. The van der Waals surface area contributed by atoms with E-state index < -0.39 is 0 Å². The van der Waals surface area contributed by atoms with Crippen LogP contribution in [0.2, 0.25) is 0 Å². The van der Waals surface area contributed by atoms with Gasteiger partial charge < -0.3 is 5.01 Å². The van der Waals surface area contributed by atoms with Crippen LogP contribution in [-0.2, 0) is 0 Å². The Hall–Kier alpha value is -0.760. The minimum atomic E-state index is 1.02. The fourth-order valence-corrected chi connectivity index (χ4v) is 0.942. The van der Waals surface area contributed by atoms with E-state index in [1.807, 2.05) is 14.1 Å². The fourth-order valence-electron chi connectivity index (χ4n) is 0.942. The van der Waals surface area contributed by atoms with Crippen LogP contribution in [0.1, 0.15) is 6.92 Å². The molecule has 2 nitrogen and oxygen atoms in total. The molecular weight excluding hydrogens is 124 g/mol. The summed E-state index contributed by atoms with van der Waals surface area (Å²) in [6.45, 7) is 3.16. The summed E-state index contributed by atoms with van der Waals surface area (Å²) in [5.74, 6) is 0. The van der Waals surface area contributed by atoms with Crippen molar-refractivity contribution >= 4 is 0 Å². The van der Waals surface area contributed by atoms with Crippen molar-refractivity contribution in [2.24, 2.45) is 0 Å². The van der Waals surface area contributed by atoms with Crippen LogP contribution in [0.25, 0.3) is 0 Å². The minimum absolute atomic E-state index is 1.02. The zero-order valence-corrected chi connectivity index (χ0v) is 6.83. The first kappa shape index (κ1) is 7.35. The Morgan fingerprint density at radius 1 is 1.50 bits per heavy atom. The van der Waals surface area contributed by atoms with Gasteiger partial charge in [0, 0.05) is 20.3 Å². The van der Waals surface area contributed by atoms with Gasteiger partial charge in [-0.05, 0) is 13.0 Å². The molecule has 10 heavy (non-hydrogen) atoms. The number of allylic oxidation sites excluding steroid dienone is 2. The molecule has 0 saturated carbocycles. The van der Waals surface area contributed by atoms with Crippen molar-refractivity contribution in [3.63, 3.8) is 0 Å². The molecule has 56 valence electrons. The molecule has 0 N–H and O–H groups in total. The van der Waals surface area contributed by atoms with E-state index in [4.69, 9.17) is 0 Å². The summed E-state index contributed by atoms with van der Waals surface area (Å²) in [7, 11) is 4.09. The van der Waals surface area contributed by atoms with E-state index in [-0.39, 0.29) is 0 Å². The molecule has 0 fully saturated rings. The lowest BCUT2D eigenvalue weighted by molar-refractivity contribution is 0.0924. The maximum Gasteiger partial charge on any atom is 0.0550 e. The first-order chi connectivity index (χ1) is 4.70. The summed E-state index contributed by atoms with van der Waals surface area (Å²) >= 11 is 0. The van der Waals surface area contributed by atoms with Crippen LogP contribution < -0.4 is 0 Å². The molecule has 0 bridgehead atoms. The monoisotopic (exact) mass is 138 g/mol. The summed E-state index contributed by atoms with van der Waals surface area (Å²) in [5, 5.41) is 4.24. The van der Waals surface area contributed by atoms with Gasteiger partial charge in [0.1, 0.15) is 0 Å². The van der Waals surface area contributed by atoms with Gasteiger partial charge in [-0.1, -0.05) is 11.6 Å². The van der Waals surface area contributed by atoms with Gasteiger partial charge in [0.2, 0.25) is 0 Å². The van der Waals surface area contributed by atoms with Gasteiger partial charge in [-0.2, -0.15) is 0 Å². The molecule has 0 aliphatic carbocycles. The van der Waals surface area contributed by atoms with Crippen molar-refractivity contribution in [3.8, 4) is 0 Å². The summed E-state index contributed by atoms with van der Waals surface area (Å²) in [6.07, 6.45) is 6.28. The first-order valence-corrected chi connectivity index (χ1v) is 3.48. The lowest BCUT2D eigenvalue weighted by atomic mass is 10.2. The van der Waals surface area contributed by atoms with E-state index in [0.29, 0.717) is 0 Å². The van der Waals surface area contributed by atoms with Crippen LogP contribution in [0.4, 0.5) is 0 Å². The Labute approximate surface area is 62.4 Å². The third kappa shape index (κ3) is 1.61. The molecule has 0 amide bonds. The van der Waals surface area contributed by atoms with Crippen LogP contribution >= 0.6 is 0 Å². The number of hydrogen-bond acceptors (Lipinski definition) is 2. The molecule has 1 rings (SSSR count). The molecule has 1 aliphatic rings. The number of rotatable bonds is 1. The summed E-state index contributed by atoms with van der Waals surface area (Å²) in [6, 6.07) is 0. The minimum Gasteiger partial charge on any atom is -0.309 e. The van der Waals surface area contributed by atoms with Gasteiger partial charge in [-0.3, -0.25) is 0 Å². The predicted octanol–water partition coefficient (Wildman–Crippen LogP) is 1.24. The fraction of sp³-hybridized carbons (Fsp3) is 0.500.